The van der Waals surface area contributed by atoms with E-state index in [1.54, 1.807) is 48.7 Å². The minimum absolute atomic E-state index is 0.122. The molecule has 1 amide bonds. The van der Waals surface area contributed by atoms with Crippen LogP contribution in [-0.4, -0.2) is 22.5 Å². The van der Waals surface area contributed by atoms with E-state index in [1.807, 2.05) is 0 Å². The number of aliphatic hydroxyl groups excluding tert-OH is 1. The molecule has 98 valence electrons. The zero-order valence-electron chi connectivity index (χ0n) is 10.1. The van der Waals surface area contributed by atoms with Crippen molar-refractivity contribution in [3.8, 4) is 0 Å². The highest BCUT2D eigenvalue weighted by atomic mass is 35.5. The molecule has 5 heteroatoms. The quantitative estimate of drug-likeness (QED) is 0.900. The van der Waals surface area contributed by atoms with E-state index in [9.17, 15) is 9.90 Å². The second-order valence-corrected chi connectivity index (χ2v) is 4.43. The molecule has 19 heavy (non-hydrogen) atoms. The molecule has 1 unspecified atom stereocenters. The predicted octanol–water partition coefficient (Wildman–Crippen LogP) is 2.20. The molecule has 2 aromatic rings. The average molecular weight is 277 g/mol. The van der Waals surface area contributed by atoms with Crippen LogP contribution in [0.2, 0.25) is 5.02 Å². The number of pyridine rings is 1. The predicted molar refractivity (Wildman–Crippen MR) is 73.0 cm³/mol. The summed E-state index contributed by atoms with van der Waals surface area (Å²) >= 11 is 5.76. The molecule has 2 rings (SSSR count). The summed E-state index contributed by atoms with van der Waals surface area (Å²) in [6.45, 7) is 0.122. The van der Waals surface area contributed by atoms with Crippen LogP contribution in [0.25, 0.3) is 0 Å². The van der Waals surface area contributed by atoms with Crippen LogP contribution < -0.4 is 5.32 Å². The molecule has 0 aliphatic rings. The van der Waals surface area contributed by atoms with Gasteiger partial charge in [0.2, 0.25) is 0 Å². The van der Waals surface area contributed by atoms with Crippen molar-refractivity contribution >= 4 is 17.5 Å². The minimum Gasteiger partial charge on any atom is -0.387 e. The lowest BCUT2D eigenvalue weighted by atomic mass is 10.1. The van der Waals surface area contributed by atoms with E-state index in [0.29, 0.717) is 16.3 Å². The molecular weight excluding hydrogens is 264 g/mol. The van der Waals surface area contributed by atoms with Gasteiger partial charge in [-0.15, -0.1) is 0 Å². The minimum atomic E-state index is -0.773. The maximum absolute atomic E-state index is 11.7. The Kier molecular flexibility index (Phi) is 4.49. The van der Waals surface area contributed by atoms with E-state index < -0.39 is 6.10 Å². The van der Waals surface area contributed by atoms with E-state index >= 15 is 0 Å². The van der Waals surface area contributed by atoms with Gasteiger partial charge < -0.3 is 10.4 Å². The summed E-state index contributed by atoms with van der Waals surface area (Å²) < 4.78 is 0. The SMILES string of the molecule is O=C(NCC(O)c1ccc(Cl)cc1)c1ccccn1. The molecule has 1 aromatic carbocycles. The summed E-state index contributed by atoms with van der Waals surface area (Å²) in [6, 6.07) is 11.9. The summed E-state index contributed by atoms with van der Waals surface area (Å²) in [6.07, 6.45) is 0.773. The molecular formula is C14H13ClN2O2. The number of nitrogens with one attached hydrogen (secondary N) is 1. The number of rotatable bonds is 4. The number of benzene rings is 1. The summed E-state index contributed by atoms with van der Waals surface area (Å²) in [5.41, 5.74) is 1.02. The van der Waals surface area contributed by atoms with Crippen molar-refractivity contribution in [3.05, 3.63) is 64.9 Å². The van der Waals surface area contributed by atoms with E-state index in [-0.39, 0.29) is 12.5 Å². The Morgan fingerprint density at radius 1 is 1.26 bits per heavy atom. The molecule has 2 N–H and O–H groups in total. The van der Waals surface area contributed by atoms with Crippen LogP contribution >= 0.6 is 11.6 Å². The lowest BCUT2D eigenvalue weighted by Crippen LogP contribution is -2.28. The van der Waals surface area contributed by atoms with Gasteiger partial charge >= 0.3 is 0 Å². The normalized spacial score (nSPS) is 11.9. The highest BCUT2D eigenvalue weighted by Gasteiger charge is 2.11. The van der Waals surface area contributed by atoms with Gasteiger partial charge in [-0.05, 0) is 29.8 Å². The van der Waals surface area contributed by atoms with Gasteiger partial charge in [0.25, 0.3) is 5.91 Å². The Hall–Kier alpha value is -1.91. The van der Waals surface area contributed by atoms with Gasteiger partial charge in [0.15, 0.2) is 0 Å². The van der Waals surface area contributed by atoms with Gasteiger partial charge in [-0.1, -0.05) is 29.8 Å². The first-order valence-electron chi connectivity index (χ1n) is 5.79. The van der Waals surface area contributed by atoms with Crippen LogP contribution in [0.5, 0.6) is 0 Å². The van der Waals surface area contributed by atoms with E-state index in [0.717, 1.165) is 0 Å². The van der Waals surface area contributed by atoms with Crippen molar-refractivity contribution in [2.24, 2.45) is 0 Å². The van der Waals surface area contributed by atoms with Gasteiger partial charge in [0.1, 0.15) is 5.69 Å². The largest absolute Gasteiger partial charge is 0.387 e. The smallest absolute Gasteiger partial charge is 0.269 e. The number of halogens is 1. The number of aromatic nitrogens is 1. The first-order chi connectivity index (χ1) is 9.16. The van der Waals surface area contributed by atoms with E-state index in [4.69, 9.17) is 11.6 Å². The van der Waals surface area contributed by atoms with Crippen LogP contribution in [0.3, 0.4) is 0 Å². The molecule has 0 radical (unpaired) electrons. The molecule has 1 heterocycles. The number of nitrogens with zero attached hydrogens (tertiary/aromatic N) is 1. The fourth-order valence-electron chi connectivity index (χ4n) is 1.58. The molecule has 1 atom stereocenters. The van der Waals surface area contributed by atoms with Crippen molar-refractivity contribution in [3.63, 3.8) is 0 Å². The average Bonchev–Trinajstić information content (AvgIpc) is 2.46. The standard InChI is InChI=1S/C14H13ClN2O2/c15-11-6-4-10(5-7-11)13(18)9-17-14(19)12-3-1-2-8-16-12/h1-8,13,18H,9H2,(H,17,19). The highest BCUT2D eigenvalue weighted by molar-refractivity contribution is 6.30. The summed E-state index contributed by atoms with van der Waals surface area (Å²) in [5.74, 6) is -0.311. The van der Waals surface area contributed by atoms with Crippen LogP contribution in [0.1, 0.15) is 22.2 Å². The third-order valence-corrected chi connectivity index (χ3v) is 2.86. The zero-order valence-corrected chi connectivity index (χ0v) is 10.8. The first kappa shape index (κ1) is 13.5. The Labute approximate surface area is 116 Å². The number of aliphatic hydroxyl groups is 1. The van der Waals surface area contributed by atoms with E-state index in [1.165, 1.54) is 0 Å². The zero-order chi connectivity index (χ0) is 13.7. The maximum atomic E-state index is 11.7. The fraction of sp³-hybridized carbons (Fsp3) is 0.143. The number of amides is 1. The molecule has 0 saturated heterocycles. The van der Waals surface area contributed by atoms with Crippen LogP contribution in [0, 0.1) is 0 Å². The Bertz CT molecular complexity index is 543. The van der Waals surface area contributed by atoms with Gasteiger partial charge in [0, 0.05) is 17.8 Å². The third kappa shape index (κ3) is 3.77. The van der Waals surface area contributed by atoms with Gasteiger partial charge in [0.05, 0.1) is 6.10 Å². The lowest BCUT2D eigenvalue weighted by molar-refractivity contribution is 0.0911. The van der Waals surface area contributed by atoms with Crippen LogP contribution in [-0.2, 0) is 0 Å². The first-order valence-corrected chi connectivity index (χ1v) is 6.17. The molecule has 0 aliphatic heterocycles. The van der Waals surface area contributed by atoms with Crippen LogP contribution in [0.15, 0.2) is 48.7 Å². The molecule has 1 aromatic heterocycles. The second-order valence-electron chi connectivity index (χ2n) is 3.99. The van der Waals surface area contributed by atoms with Crippen molar-refractivity contribution in [2.45, 2.75) is 6.10 Å². The Morgan fingerprint density at radius 3 is 2.63 bits per heavy atom. The summed E-state index contributed by atoms with van der Waals surface area (Å²) in [5, 5.41) is 13.2. The lowest BCUT2D eigenvalue weighted by Gasteiger charge is -2.12. The van der Waals surface area contributed by atoms with Crippen molar-refractivity contribution < 1.29 is 9.90 Å². The number of hydrogen-bond acceptors (Lipinski definition) is 3. The Balaban J connectivity index is 1.92. The summed E-state index contributed by atoms with van der Waals surface area (Å²) in [7, 11) is 0. The molecule has 0 bridgehead atoms. The number of hydrogen-bond donors (Lipinski definition) is 2. The van der Waals surface area contributed by atoms with Crippen molar-refractivity contribution in [1.29, 1.82) is 0 Å². The fourth-order valence-corrected chi connectivity index (χ4v) is 1.71. The topological polar surface area (TPSA) is 62.2 Å². The molecule has 0 saturated carbocycles. The maximum Gasteiger partial charge on any atom is 0.269 e. The van der Waals surface area contributed by atoms with Crippen molar-refractivity contribution in [2.75, 3.05) is 6.54 Å². The number of carbonyl (C=O) groups is 1. The molecule has 0 aliphatic carbocycles. The summed E-state index contributed by atoms with van der Waals surface area (Å²) in [4.78, 5) is 15.7. The molecule has 0 fully saturated rings. The van der Waals surface area contributed by atoms with Crippen LogP contribution in [0.4, 0.5) is 0 Å². The van der Waals surface area contributed by atoms with Gasteiger partial charge in [-0.3, -0.25) is 9.78 Å². The highest BCUT2D eigenvalue weighted by Crippen LogP contribution is 2.15. The molecule has 0 spiro atoms. The second kappa shape index (κ2) is 6.31. The van der Waals surface area contributed by atoms with Gasteiger partial charge in [-0.25, -0.2) is 0 Å². The molecule has 4 nitrogen and oxygen atoms in total. The monoisotopic (exact) mass is 276 g/mol. The number of carbonyl (C=O) groups excluding carboxylic acids is 1. The van der Waals surface area contributed by atoms with E-state index in [2.05, 4.69) is 10.3 Å². The Morgan fingerprint density at radius 2 is 2.00 bits per heavy atom. The van der Waals surface area contributed by atoms with Crippen molar-refractivity contribution in [1.82, 2.24) is 10.3 Å². The third-order valence-electron chi connectivity index (χ3n) is 2.61. The van der Waals surface area contributed by atoms with Gasteiger partial charge in [-0.2, -0.15) is 0 Å².